The lowest BCUT2D eigenvalue weighted by atomic mass is 9.96. The van der Waals surface area contributed by atoms with Crippen molar-refractivity contribution < 1.29 is 9.18 Å². The van der Waals surface area contributed by atoms with Crippen LogP contribution in [0.1, 0.15) is 48.5 Å². The standard InChI is InChI=1S/C16H23FN2O/c1-2-12-6-7-13(17)11-15(12)16(20)19-10-4-3-5-14(19)8-9-18/h6-7,11,14H,2-5,8-10,18H2,1H3. The molecule has 1 amide bonds. The maximum absolute atomic E-state index is 13.5. The molecule has 1 fully saturated rings. The highest BCUT2D eigenvalue weighted by Gasteiger charge is 2.28. The first kappa shape index (κ1) is 15.0. The summed E-state index contributed by atoms with van der Waals surface area (Å²) >= 11 is 0. The molecule has 1 aromatic carbocycles. The maximum Gasteiger partial charge on any atom is 0.254 e. The van der Waals surface area contributed by atoms with Gasteiger partial charge in [-0.1, -0.05) is 13.0 Å². The van der Waals surface area contributed by atoms with Crippen LogP contribution in [0.3, 0.4) is 0 Å². The molecule has 1 aliphatic rings. The van der Waals surface area contributed by atoms with Crippen LogP contribution in [0.4, 0.5) is 4.39 Å². The van der Waals surface area contributed by atoms with Crippen LogP contribution in [-0.2, 0) is 6.42 Å². The number of piperidine rings is 1. The lowest BCUT2D eigenvalue weighted by Crippen LogP contribution is -2.44. The first-order valence-electron chi connectivity index (χ1n) is 7.46. The van der Waals surface area contributed by atoms with E-state index in [4.69, 9.17) is 5.73 Å². The van der Waals surface area contributed by atoms with Crippen molar-refractivity contribution in [2.45, 2.75) is 45.1 Å². The third-order valence-corrected chi connectivity index (χ3v) is 4.07. The minimum absolute atomic E-state index is 0.0421. The Morgan fingerprint density at radius 1 is 1.45 bits per heavy atom. The molecule has 0 saturated carbocycles. The summed E-state index contributed by atoms with van der Waals surface area (Å²) in [5.74, 6) is -0.391. The maximum atomic E-state index is 13.5. The van der Waals surface area contributed by atoms with Crippen LogP contribution in [0.5, 0.6) is 0 Å². The largest absolute Gasteiger partial charge is 0.336 e. The number of benzene rings is 1. The van der Waals surface area contributed by atoms with Crippen molar-refractivity contribution in [3.05, 3.63) is 35.1 Å². The van der Waals surface area contributed by atoms with Gasteiger partial charge in [0.05, 0.1) is 0 Å². The van der Waals surface area contributed by atoms with Crippen LogP contribution in [0.2, 0.25) is 0 Å². The van der Waals surface area contributed by atoms with Gasteiger partial charge in [0.15, 0.2) is 0 Å². The molecular weight excluding hydrogens is 255 g/mol. The highest BCUT2D eigenvalue weighted by Crippen LogP contribution is 2.23. The van der Waals surface area contributed by atoms with E-state index >= 15 is 0 Å². The summed E-state index contributed by atoms with van der Waals surface area (Å²) in [5, 5.41) is 0. The van der Waals surface area contributed by atoms with Gasteiger partial charge in [-0.05, 0) is 56.3 Å². The zero-order valence-corrected chi connectivity index (χ0v) is 12.1. The molecule has 0 spiro atoms. The van der Waals surface area contributed by atoms with Gasteiger partial charge in [-0.15, -0.1) is 0 Å². The van der Waals surface area contributed by atoms with Crippen molar-refractivity contribution in [2.24, 2.45) is 5.73 Å². The number of hydrogen-bond donors (Lipinski definition) is 1. The third kappa shape index (κ3) is 3.18. The van der Waals surface area contributed by atoms with Crippen molar-refractivity contribution in [2.75, 3.05) is 13.1 Å². The summed E-state index contributed by atoms with van der Waals surface area (Å²) in [7, 11) is 0. The van der Waals surface area contributed by atoms with E-state index in [1.54, 1.807) is 6.07 Å². The number of nitrogens with two attached hydrogens (primary N) is 1. The number of halogens is 1. The van der Waals surface area contributed by atoms with Crippen molar-refractivity contribution in [3.63, 3.8) is 0 Å². The van der Waals surface area contributed by atoms with E-state index in [0.29, 0.717) is 12.1 Å². The van der Waals surface area contributed by atoms with E-state index in [0.717, 1.165) is 44.2 Å². The van der Waals surface area contributed by atoms with E-state index in [-0.39, 0.29) is 17.8 Å². The van der Waals surface area contributed by atoms with Gasteiger partial charge in [-0.2, -0.15) is 0 Å². The second-order valence-corrected chi connectivity index (χ2v) is 5.38. The fraction of sp³-hybridized carbons (Fsp3) is 0.562. The van der Waals surface area contributed by atoms with Crippen molar-refractivity contribution in [3.8, 4) is 0 Å². The van der Waals surface area contributed by atoms with Crippen molar-refractivity contribution >= 4 is 5.91 Å². The Kier molecular flexibility index (Phi) is 5.12. The Bertz CT molecular complexity index is 474. The van der Waals surface area contributed by atoms with E-state index in [2.05, 4.69) is 0 Å². The molecular formula is C16H23FN2O. The molecule has 1 aromatic rings. The minimum Gasteiger partial charge on any atom is -0.336 e. The molecule has 1 unspecified atom stereocenters. The Balaban J connectivity index is 2.26. The van der Waals surface area contributed by atoms with Crippen molar-refractivity contribution in [1.29, 1.82) is 0 Å². The first-order chi connectivity index (χ1) is 9.67. The molecule has 3 nitrogen and oxygen atoms in total. The van der Waals surface area contributed by atoms with Crippen LogP contribution in [-0.4, -0.2) is 29.9 Å². The molecule has 110 valence electrons. The zero-order chi connectivity index (χ0) is 14.5. The molecule has 4 heteroatoms. The highest BCUT2D eigenvalue weighted by molar-refractivity contribution is 5.96. The van der Waals surface area contributed by atoms with E-state index in [1.807, 2.05) is 11.8 Å². The van der Waals surface area contributed by atoms with Gasteiger partial charge in [-0.25, -0.2) is 4.39 Å². The summed E-state index contributed by atoms with van der Waals surface area (Å²) in [6, 6.07) is 4.71. The molecule has 1 aliphatic heterocycles. The number of hydrogen-bond acceptors (Lipinski definition) is 2. The average Bonchev–Trinajstić information content (AvgIpc) is 2.47. The topological polar surface area (TPSA) is 46.3 Å². The molecule has 0 bridgehead atoms. The smallest absolute Gasteiger partial charge is 0.254 e. The summed E-state index contributed by atoms with van der Waals surface area (Å²) in [6.07, 6.45) is 4.71. The quantitative estimate of drug-likeness (QED) is 0.920. The fourth-order valence-electron chi connectivity index (χ4n) is 2.97. The second-order valence-electron chi connectivity index (χ2n) is 5.38. The van der Waals surface area contributed by atoms with Gasteiger partial charge in [0, 0.05) is 18.2 Å². The molecule has 0 aromatic heterocycles. The molecule has 1 heterocycles. The van der Waals surface area contributed by atoms with Gasteiger partial charge in [0.25, 0.3) is 5.91 Å². The monoisotopic (exact) mass is 278 g/mol. The highest BCUT2D eigenvalue weighted by atomic mass is 19.1. The van der Waals surface area contributed by atoms with E-state index < -0.39 is 0 Å². The fourth-order valence-corrected chi connectivity index (χ4v) is 2.97. The molecule has 0 radical (unpaired) electrons. The van der Waals surface area contributed by atoms with E-state index in [1.165, 1.54) is 12.1 Å². The van der Waals surface area contributed by atoms with Gasteiger partial charge in [0.1, 0.15) is 5.82 Å². The third-order valence-electron chi connectivity index (χ3n) is 4.07. The van der Waals surface area contributed by atoms with Crippen LogP contribution < -0.4 is 5.73 Å². The number of nitrogens with zero attached hydrogens (tertiary/aromatic N) is 1. The first-order valence-corrected chi connectivity index (χ1v) is 7.46. The predicted molar refractivity (Wildman–Crippen MR) is 78.1 cm³/mol. The summed E-state index contributed by atoms with van der Waals surface area (Å²) in [6.45, 7) is 3.32. The summed E-state index contributed by atoms with van der Waals surface area (Å²) in [5.41, 5.74) is 7.06. The van der Waals surface area contributed by atoms with Gasteiger partial charge < -0.3 is 10.6 Å². The molecule has 2 rings (SSSR count). The lowest BCUT2D eigenvalue weighted by Gasteiger charge is -2.36. The van der Waals surface area contributed by atoms with E-state index in [9.17, 15) is 9.18 Å². The Morgan fingerprint density at radius 3 is 2.95 bits per heavy atom. The van der Waals surface area contributed by atoms with Crippen LogP contribution >= 0.6 is 0 Å². The predicted octanol–water partition coefficient (Wildman–Crippen LogP) is 2.73. The summed E-state index contributed by atoms with van der Waals surface area (Å²) < 4.78 is 13.5. The van der Waals surface area contributed by atoms with Crippen molar-refractivity contribution in [1.82, 2.24) is 4.90 Å². The summed E-state index contributed by atoms with van der Waals surface area (Å²) in [4.78, 5) is 14.6. The molecule has 0 aliphatic carbocycles. The number of carbonyl (C=O) groups excluding carboxylic acids is 1. The molecule has 20 heavy (non-hydrogen) atoms. The normalized spacial score (nSPS) is 19.1. The Labute approximate surface area is 120 Å². The van der Waals surface area contributed by atoms with Crippen LogP contribution in [0.15, 0.2) is 18.2 Å². The number of carbonyl (C=O) groups is 1. The Morgan fingerprint density at radius 2 is 2.25 bits per heavy atom. The van der Waals surface area contributed by atoms with Gasteiger partial charge in [-0.3, -0.25) is 4.79 Å². The van der Waals surface area contributed by atoms with Gasteiger partial charge in [0.2, 0.25) is 0 Å². The SMILES string of the molecule is CCc1ccc(F)cc1C(=O)N1CCCCC1CCN. The number of rotatable bonds is 4. The Hall–Kier alpha value is -1.42. The molecule has 1 saturated heterocycles. The minimum atomic E-state index is -0.349. The number of likely N-dealkylation sites (tertiary alicyclic amines) is 1. The zero-order valence-electron chi connectivity index (χ0n) is 12.1. The average molecular weight is 278 g/mol. The molecule has 2 N–H and O–H groups in total. The lowest BCUT2D eigenvalue weighted by molar-refractivity contribution is 0.0603. The van der Waals surface area contributed by atoms with Gasteiger partial charge >= 0.3 is 0 Å². The second kappa shape index (κ2) is 6.84. The van der Waals surface area contributed by atoms with Crippen LogP contribution in [0.25, 0.3) is 0 Å². The van der Waals surface area contributed by atoms with Crippen LogP contribution in [0, 0.1) is 5.82 Å². The molecule has 1 atom stereocenters. The number of amides is 1. The number of aryl methyl sites for hydroxylation is 1.